The maximum Gasteiger partial charge on any atom is 0.212 e. The molecule has 0 aliphatic carbocycles. The molecule has 0 saturated heterocycles. The van der Waals surface area contributed by atoms with E-state index in [9.17, 15) is 8.42 Å². The van der Waals surface area contributed by atoms with Crippen molar-refractivity contribution < 1.29 is 8.42 Å². The predicted molar refractivity (Wildman–Crippen MR) is 51.7 cm³/mol. The molecule has 0 atom stereocenters. The van der Waals surface area contributed by atoms with Crippen molar-refractivity contribution >= 4 is 25.8 Å². The summed E-state index contributed by atoms with van der Waals surface area (Å²) >= 11 is 2.85. The van der Waals surface area contributed by atoms with Gasteiger partial charge in [0.05, 0.1) is 4.90 Å². The van der Waals surface area contributed by atoms with Crippen LogP contribution in [0.2, 0.25) is 0 Å². The van der Waals surface area contributed by atoms with Gasteiger partial charge >= 0.3 is 0 Å². The third-order valence-corrected chi connectivity index (χ3v) is 4.10. The molecule has 12 heavy (non-hydrogen) atoms. The van der Waals surface area contributed by atoms with Crippen LogP contribution in [-0.2, 0) is 9.84 Å². The van der Waals surface area contributed by atoms with Gasteiger partial charge in [-0.3, -0.25) is 0 Å². The van der Waals surface area contributed by atoms with Crippen LogP contribution in [-0.4, -0.2) is 8.42 Å². The van der Waals surface area contributed by atoms with Gasteiger partial charge < -0.3 is 0 Å². The minimum absolute atomic E-state index is 0.0128. The number of sulfone groups is 1. The van der Waals surface area contributed by atoms with Gasteiger partial charge in [0.15, 0.2) is 0 Å². The minimum Gasteiger partial charge on any atom is -0.218 e. The first kappa shape index (κ1) is 9.48. The summed E-state index contributed by atoms with van der Waals surface area (Å²) in [5.74, 6) is 0. The zero-order valence-corrected chi connectivity index (χ0v) is 8.60. The number of halogens is 1. The van der Waals surface area contributed by atoms with Gasteiger partial charge in [-0.05, 0) is 28.1 Å². The van der Waals surface area contributed by atoms with Gasteiger partial charge in [-0.15, -0.1) is 0 Å². The quantitative estimate of drug-likeness (QED) is 0.803. The van der Waals surface area contributed by atoms with Crippen LogP contribution in [0.3, 0.4) is 0 Å². The molecular weight excluding hydrogens is 240 g/mol. The Morgan fingerprint density at radius 3 is 2.17 bits per heavy atom. The van der Waals surface area contributed by atoms with E-state index in [4.69, 9.17) is 0 Å². The molecule has 0 saturated carbocycles. The van der Waals surface area contributed by atoms with E-state index < -0.39 is 9.84 Å². The molecule has 1 rings (SSSR count). The molecule has 4 heteroatoms. The third-order valence-electron chi connectivity index (χ3n) is 1.35. The van der Waals surface area contributed by atoms with Crippen molar-refractivity contribution in [2.75, 3.05) is 0 Å². The van der Waals surface area contributed by atoms with Crippen molar-refractivity contribution in [2.24, 2.45) is 0 Å². The Morgan fingerprint density at radius 1 is 1.25 bits per heavy atom. The first-order chi connectivity index (χ1) is 5.55. The Hall–Kier alpha value is -0.610. The molecule has 0 radical (unpaired) electrons. The standard InChI is InChI=1S/C8H7BrO2S/c1-7(9)12(10,11)8-5-3-2-4-6-8/h2-6H,1H2. The third kappa shape index (κ3) is 1.76. The lowest BCUT2D eigenvalue weighted by atomic mass is 10.4. The summed E-state index contributed by atoms with van der Waals surface area (Å²) in [6.45, 7) is 3.33. The Morgan fingerprint density at radius 2 is 1.75 bits per heavy atom. The van der Waals surface area contributed by atoms with E-state index in [1.54, 1.807) is 18.2 Å². The Kier molecular flexibility index (Phi) is 2.69. The molecule has 0 aliphatic rings. The zero-order valence-electron chi connectivity index (χ0n) is 6.20. The van der Waals surface area contributed by atoms with Crippen molar-refractivity contribution in [3.05, 3.63) is 40.7 Å². The van der Waals surface area contributed by atoms with Crippen LogP contribution >= 0.6 is 15.9 Å². The smallest absolute Gasteiger partial charge is 0.212 e. The molecule has 0 N–H and O–H groups in total. The fourth-order valence-electron chi connectivity index (χ4n) is 0.728. The van der Waals surface area contributed by atoms with Crippen molar-refractivity contribution in [1.29, 1.82) is 0 Å². The van der Waals surface area contributed by atoms with Crippen LogP contribution in [0.5, 0.6) is 0 Å². The highest BCUT2D eigenvalue weighted by Crippen LogP contribution is 2.21. The lowest BCUT2D eigenvalue weighted by molar-refractivity contribution is 0.604. The lowest BCUT2D eigenvalue weighted by Crippen LogP contribution is -1.98. The second-order valence-corrected chi connectivity index (χ2v) is 5.62. The zero-order chi connectivity index (χ0) is 9.19. The molecule has 0 aliphatic heterocycles. The van der Waals surface area contributed by atoms with Crippen LogP contribution in [0, 0.1) is 0 Å². The topological polar surface area (TPSA) is 34.1 Å². The molecule has 0 heterocycles. The Bertz CT molecular complexity index is 381. The Balaban J connectivity index is 3.26. The molecule has 0 aromatic heterocycles. The number of hydrogen-bond acceptors (Lipinski definition) is 2. The van der Waals surface area contributed by atoms with Crippen LogP contribution in [0.25, 0.3) is 0 Å². The van der Waals surface area contributed by atoms with Crippen LogP contribution in [0.4, 0.5) is 0 Å². The number of rotatable bonds is 2. The molecule has 0 amide bonds. The van der Waals surface area contributed by atoms with Crippen LogP contribution in [0.15, 0.2) is 45.6 Å². The summed E-state index contributed by atoms with van der Waals surface area (Å²) in [4.78, 5) is 0.256. The average molecular weight is 247 g/mol. The summed E-state index contributed by atoms with van der Waals surface area (Å²) in [5, 5.41) is 0. The van der Waals surface area contributed by atoms with Crippen LogP contribution in [0.1, 0.15) is 0 Å². The first-order valence-electron chi connectivity index (χ1n) is 3.19. The molecule has 1 aromatic carbocycles. The van der Waals surface area contributed by atoms with Gasteiger partial charge in [0.1, 0.15) is 3.81 Å². The summed E-state index contributed by atoms with van der Waals surface area (Å²) in [6.07, 6.45) is 0. The molecule has 0 spiro atoms. The predicted octanol–water partition coefficient (Wildman–Crippen LogP) is 2.33. The van der Waals surface area contributed by atoms with E-state index in [1.165, 1.54) is 12.1 Å². The average Bonchev–Trinajstić information content (AvgIpc) is 2.06. The summed E-state index contributed by atoms with van der Waals surface area (Å²) in [6, 6.07) is 8.16. The van der Waals surface area contributed by atoms with Gasteiger partial charge in [-0.1, -0.05) is 24.8 Å². The maximum absolute atomic E-state index is 11.4. The normalized spacial score (nSPS) is 11.1. The SMILES string of the molecule is C=C(Br)S(=O)(=O)c1ccccc1. The summed E-state index contributed by atoms with van der Waals surface area (Å²) < 4.78 is 22.8. The van der Waals surface area contributed by atoms with Crippen molar-refractivity contribution in [3.63, 3.8) is 0 Å². The van der Waals surface area contributed by atoms with E-state index in [-0.39, 0.29) is 8.71 Å². The molecule has 0 fully saturated rings. The molecular formula is C8H7BrO2S. The second-order valence-electron chi connectivity index (χ2n) is 2.17. The fourth-order valence-corrected chi connectivity index (χ4v) is 2.06. The van der Waals surface area contributed by atoms with Gasteiger partial charge in [-0.25, -0.2) is 8.42 Å². The number of benzene rings is 1. The van der Waals surface area contributed by atoms with E-state index in [2.05, 4.69) is 22.5 Å². The monoisotopic (exact) mass is 246 g/mol. The minimum atomic E-state index is -3.35. The van der Waals surface area contributed by atoms with Gasteiger partial charge in [0, 0.05) is 0 Å². The van der Waals surface area contributed by atoms with E-state index in [1.807, 2.05) is 0 Å². The summed E-state index contributed by atoms with van der Waals surface area (Å²) in [7, 11) is -3.35. The highest BCUT2D eigenvalue weighted by atomic mass is 79.9. The largest absolute Gasteiger partial charge is 0.218 e. The first-order valence-corrected chi connectivity index (χ1v) is 5.47. The van der Waals surface area contributed by atoms with Crippen molar-refractivity contribution in [2.45, 2.75) is 4.90 Å². The molecule has 0 bridgehead atoms. The maximum atomic E-state index is 11.4. The molecule has 2 nitrogen and oxygen atoms in total. The van der Waals surface area contributed by atoms with Crippen molar-refractivity contribution in [3.8, 4) is 0 Å². The Labute approximate surface area is 80.0 Å². The van der Waals surface area contributed by atoms with E-state index >= 15 is 0 Å². The van der Waals surface area contributed by atoms with Crippen LogP contribution < -0.4 is 0 Å². The lowest BCUT2D eigenvalue weighted by Gasteiger charge is -1.99. The van der Waals surface area contributed by atoms with E-state index in [0.29, 0.717) is 0 Å². The summed E-state index contributed by atoms with van der Waals surface area (Å²) in [5.41, 5.74) is 0. The van der Waals surface area contributed by atoms with Crippen molar-refractivity contribution in [1.82, 2.24) is 0 Å². The highest BCUT2D eigenvalue weighted by Gasteiger charge is 2.15. The number of hydrogen-bond donors (Lipinski definition) is 0. The molecule has 1 aromatic rings. The van der Waals surface area contributed by atoms with Gasteiger partial charge in [0.25, 0.3) is 0 Å². The highest BCUT2D eigenvalue weighted by molar-refractivity contribution is 9.13. The fraction of sp³-hybridized carbons (Fsp3) is 0. The van der Waals surface area contributed by atoms with Gasteiger partial charge in [0.2, 0.25) is 9.84 Å². The second kappa shape index (κ2) is 3.41. The molecule has 0 unspecified atom stereocenters. The molecule has 64 valence electrons. The van der Waals surface area contributed by atoms with E-state index in [0.717, 1.165) is 0 Å². The van der Waals surface area contributed by atoms with Gasteiger partial charge in [-0.2, -0.15) is 0 Å².